The first-order valence-electron chi connectivity index (χ1n) is 11.1. The third-order valence-corrected chi connectivity index (χ3v) is 8.32. The zero-order valence-corrected chi connectivity index (χ0v) is 21.1. The van der Waals surface area contributed by atoms with Crippen molar-refractivity contribution in [1.29, 1.82) is 0 Å². The summed E-state index contributed by atoms with van der Waals surface area (Å²) in [6, 6.07) is 9.73. The van der Waals surface area contributed by atoms with Crippen molar-refractivity contribution in [2.75, 3.05) is 24.9 Å². The van der Waals surface area contributed by atoms with Gasteiger partial charge in [-0.1, -0.05) is 12.1 Å². The topological polar surface area (TPSA) is 126 Å². The normalized spacial score (nSPS) is 19.5. The standard InChI is InChI=1S/C22H30N6O4S2/c1-27(34(3,31)32)18-9-7-17(8-10-18)25-22-23-13-11-21(26-22)28-14-12-19-16(5-4-6-20(19)28)15-24-33(2,29)30/h4-6,11-14,17-18,24H,7-10,15H2,1-3H3,(H,23,25,26)/t17-,18-. The van der Waals surface area contributed by atoms with Crippen LogP contribution in [-0.2, 0) is 26.6 Å². The van der Waals surface area contributed by atoms with Gasteiger partial charge in [0.15, 0.2) is 0 Å². The maximum atomic E-state index is 11.8. The summed E-state index contributed by atoms with van der Waals surface area (Å²) in [4.78, 5) is 9.06. The van der Waals surface area contributed by atoms with Gasteiger partial charge in [0.25, 0.3) is 0 Å². The maximum absolute atomic E-state index is 11.8. The summed E-state index contributed by atoms with van der Waals surface area (Å²) < 4.78 is 52.6. The maximum Gasteiger partial charge on any atom is 0.224 e. The van der Waals surface area contributed by atoms with Gasteiger partial charge in [0.05, 0.1) is 18.0 Å². The van der Waals surface area contributed by atoms with Gasteiger partial charge in [-0.15, -0.1) is 0 Å². The Morgan fingerprint density at radius 1 is 1.06 bits per heavy atom. The highest BCUT2D eigenvalue weighted by atomic mass is 32.2. The van der Waals surface area contributed by atoms with E-state index in [0.717, 1.165) is 48.4 Å². The van der Waals surface area contributed by atoms with Gasteiger partial charge >= 0.3 is 0 Å². The van der Waals surface area contributed by atoms with Gasteiger partial charge in [-0.3, -0.25) is 0 Å². The number of nitrogens with one attached hydrogen (secondary N) is 2. The molecule has 0 amide bonds. The minimum Gasteiger partial charge on any atom is -0.351 e. The third kappa shape index (κ3) is 5.74. The van der Waals surface area contributed by atoms with E-state index in [0.29, 0.717) is 11.8 Å². The monoisotopic (exact) mass is 506 g/mol. The smallest absolute Gasteiger partial charge is 0.224 e. The van der Waals surface area contributed by atoms with E-state index in [1.807, 2.05) is 41.1 Å². The van der Waals surface area contributed by atoms with Crippen molar-refractivity contribution in [2.45, 2.75) is 44.3 Å². The predicted octanol–water partition coefficient (Wildman–Crippen LogP) is 2.08. The lowest BCUT2D eigenvalue weighted by Gasteiger charge is -2.33. The Balaban J connectivity index is 1.48. The minimum absolute atomic E-state index is 0.0259. The van der Waals surface area contributed by atoms with Crippen molar-refractivity contribution in [3.05, 3.63) is 48.3 Å². The van der Waals surface area contributed by atoms with Crippen LogP contribution in [0.15, 0.2) is 42.7 Å². The number of benzene rings is 1. The molecule has 2 N–H and O–H groups in total. The van der Waals surface area contributed by atoms with E-state index in [-0.39, 0.29) is 18.6 Å². The van der Waals surface area contributed by atoms with E-state index in [1.54, 1.807) is 13.2 Å². The molecule has 0 bridgehead atoms. The lowest BCUT2D eigenvalue weighted by atomic mass is 9.91. The molecular formula is C22H30N6O4S2. The van der Waals surface area contributed by atoms with Crippen LogP contribution >= 0.6 is 0 Å². The minimum atomic E-state index is -3.29. The molecule has 0 aliphatic heterocycles. The molecule has 1 aliphatic carbocycles. The Morgan fingerprint density at radius 3 is 2.47 bits per heavy atom. The Morgan fingerprint density at radius 2 is 1.79 bits per heavy atom. The molecule has 12 heteroatoms. The summed E-state index contributed by atoms with van der Waals surface area (Å²) in [7, 11) is -4.84. The summed E-state index contributed by atoms with van der Waals surface area (Å²) in [5, 5.41) is 4.34. The molecule has 0 radical (unpaired) electrons. The molecule has 1 fully saturated rings. The molecule has 3 aromatic rings. The van der Waals surface area contributed by atoms with Gasteiger partial charge in [-0.2, -0.15) is 4.98 Å². The fraction of sp³-hybridized carbons (Fsp3) is 0.455. The highest BCUT2D eigenvalue weighted by molar-refractivity contribution is 7.88. The predicted molar refractivity (Wildman–Crippen MR) is 133 cm³/mol. The highest BCUT2D eigenvalue weighted by Gasteiger charge is 2.28. The van der Waals surface area contributed by atoms with Crippen LogP contribution < -0.4 is 10.0 Å². The molecule has 0 atom stereocenters. The quantitative estimate of drug-likeness (QED) is 0.479. The van der Waals surface area contributed by atoms with Gasteiger partial charge in [0.1, 0.15) is 5.82 Å². The number of sulfonamides is 2. The number of anilines is 1. The van der Waals surface area contributed by atoms with Crippen LogP contribution in [0, 0.1) is 0 Å². The van der Waals surface area contributed by atoms with E-state index >= 15 is 0 Å². The second-order valence-electron chi connectivity index (χ2n) is 8.80. The van der Waals surface area contributed by atoms with Crippen molar-refractivity contribution in [1.82, 2.24) is 23.6 Å². The Hall–Kier alpha value is -2.54. The molecule has 10 nitrogen and oxygen atoms in total. The lowest BCUT2D eigenvalue weighted by Crippen LogP contribution is -2.41. The number of hydrogen-bond donors (Lipinski definition) is 2. The fourth-order valence-electron chi connectivity index (χ4n) is 4.38. The summed E-state index contributed by atoms with van der Waals surface area (Å²) in [5.41, 5.74) is 1.80. The number of nitrogens with zero attached hydrogens (tertiary/aromatic N) is 4. The van der Waals surface area contributed by atoms with Crippen molar-refractivity contribution < 1.29 is 16.8 Å². The lowest BCUT2D eigenvalue weighted by molar-refractivity contribution is 0.276. The second kappa shape index (κ2) is 9.61. The molecule has 2 aromatic heterocycles. The van der Waals surface area contributed by atoms with Gasteiger partial charge in [0, 0.05) is 43.5 Å². The van der Waals surface area contributed by atoms with Crippen LogP contribution in [0.1, 0.15) is 31.2 Å². The van der Waals surface area contributed by atoms with Gasteiger partial charge in [-0.05, 0) is 49.4 Å². The molecule has 1 aromatic carbocycles. The summed E-state index contributed by atoms with van der Waals surface area (Å²) in [5.74, 6) is 1.22. The zero-order valence-electron chi connectivity index (χ0n) is 19.5. The Bertz CT molecular complexity index is 1380. The van der Waals surface area contributed by atoms with Crippen molar-refractivity contribution in [2.24, 2.45) is 0 Å². The van der Waals surface area contributed by atoms with Crippen LogP contribution in [-0.4, -0.2) is 67.3 Å². The first-order valence-corrected chi connectivity index (χ1v) is 14.8. The first kappa shape index (κ1) is 24.6. The molecule has 1 aliphatic rings. The Labute approximate surface area is 200 Å². The van der Waals surface area contributed by atoms with E-state index < -0.39 is 20.0 Å². The van der Waals surface area contributed by atoms with Gasteiger partial charge in [0.2, 0.25) is 26.0 Å². The molecule has 4 rings (SSSR count). The number of aromatic nitrogens is 3. The molecule has 34 heavy (non-hydrogen) atoms. The van der Waals surface area contributed by atoms with Crippen LogP contribution in [0.3, 0.4) is 0 Å². The van der Waals surface area contributed by atoms with Crippen LogP contribution in [0.2, 0.25) is 0 Å². The largest absolute Gasteiger partial charge is 0.351 e. The number of hydrogen-bond acceptors (Lipinski definition) is 7. The summed E-state index contributed by atoms with van der Waals surface area (Å²) in [6.07, 6.45) is 9.24. The molecule has 0 saturated heterocycles. The van der Waals surface area contributed by atoms with Crippen molar-refractivity contribution >= 4 is 36.9 Å². The third-order valence-electron chi connectivity index (χ3n) is 6.30. The molecule has 2 heterocycles. The summed E-state index contributed by atoms with van der Waals surface area (Å²) in [6.45, 7) is 0.216. The molecule has 1 saturated carbocycles. The molecule has 184 valence electrons. The summed E-state index contributed by atoms with van der Waals surface area (Å²) >= 11 is 0. The SMILES string of the molecule is CN([C@H]1CC[C@H](Nc2nccc(-n3ccc4c(CNS(C)(=O)=O)cccc43)n2)CC1)S(C)(=O)=O. The molecule has 0 unspecified atom stereocenters. The van der Waals surface area contributed by atoms with Gasteiger partial charge in [-0.25, -0.2) is 30.8 Å². The highest BCUT2D eigenvalue weighted by Crippen LogP contribution is 2.26. The van der Waals surface area contributed by atoms with Crippen LogP contribution in [0.25, 0.3) is 16.7 Å². The van der Waals surface area contributed by atoms with Crippen molar-refractivity contribution in [3.8, 4) is 5.82 Å². The zero-order chi connectivity index (χ0) is 24.5. The number of fused-ring (bicyclic) bond motifs is 1. The van der Waals surface area contributed by atoms with E-state index in [9.17, 15) is 16.8 Å². The second-order valence-corrected chi connectivity index (χ2v) is 12.7. The van der Waals surface area contributed by atoms with E-state index in [1.165, 1.54) is 10.6 Å². The molecular weight excluding hydrogens is 476 g/mol. The van der Waals surface area contributed by atoms with Crippen molar-refractivity contribution in [3.63, 3.8) is 0 Å². The van der Waals surface area contributed by atoms with Crippen LogP contribution in [0.4, 0.5) is 5.95 Å². The average molecular weight is 507 g/mol. The first-order chi connectivity index (χ1) is 16.0. The number of rotatable bonds is 8. The average Bonchev–Trinajstić information content (AvgIpc) is 3.22. The molecule has 0 spiro atoms. The fourth-order valence-corrected chi connectivity index (χ4v) is 5.55. The van der Waals surface area contributed by atoms with E-state index in [4.69, 9.17) is 4.98 Å². The Kier molecular flexibility index (Phi) is 6.94. The van der Waals surface area contributed by atoms with Gasteiger partial charge < -0.3 is 9.88 Å². The van der Waals surface area contributed by atoms with E-state index in [2.05, 4.69) is 15.0 Å². The van der Waals surface area contributed by atoms with Crippen LogP contribution in [0.5, 0.6) is 0 Å².